The number of alkyl halides is 1. The third-order valence-corrected chi connectivity index (χ3v) is 7.93. The van der Waals surface area contributed by atoms with Gasteiger partial charge < -0.3 is 14.0 Å². The number of benzene rings is 2. The summed E-state index contributed by atoms with van der Waals surface area (Å²) in [4.78, 5) is 16.0. The smallest absolute Gasteiger partial charge is 0.171 e. The molecule has 0 amide bonds. The van der Waals surface area contributed by atoms with Crippen molar-refractivity contribution in [2.24, 2.45) is 5.92 Å². The summed E-state index contributed by atoms with van der Waals surface area (Å²) in [6.07, 6.45) is 5.25. The number of nitrogens with zero attached hydrogens (tertiary/aromatic N) is 3. The summed E-state index contributed by atoms with van der Waals surface area (Å²) in [7, 11) is 1.63. The summed E-state index contributed by atoms with van der Waals surface area (Å²) in [6.45, 7) is 2.00. The predicted molar refractivity (Wildman–Crippen MR) is 140 cm³/mol. The van der Waals surface area contributed by atoms with Crippen molar-refractivity contribution in [1.82, 2.24) is 19.7 Å². The fourth-order valence-electron chi connectivity index (χ4n) is 5.50. The van der Waals surface area contributed by atoms with Crippen molar-refractivity contribution in [2.75, 3.05) is 33.5 Å². The number of hydrogen-bond donors (Lipinski definition) is 1. The molecule has 6 rings (SSSR count). The van der Waals surface area contributed by atoms with Gasteiger partial charge in [0, 0.05) is 53.9 Å². The van der Waals surface area contributed by atoms with E-state index in [1.165, 1.54) is 0 Å². The SMILES string of the molecule is COc1ccc2c(c1)C[C@H](C(=O)c1cn(C[C@H]3CCN3CCF)c3cc(-c4cn[nH]c4Cl)ccc13)CO2. The van der Waals surface area contributed by atoms with Gasteiger partial charge in [0.2, 0.25) is 0 Å². The molecule has 7 nitrogen and oxygen atoms in total. The van der Waals surface area contributed by atoms with Crippen LogP contribution >= 0.6 is 11.6 Å². The number of ketones is 1. The Hall–Kier alpha value is -3.36. The molecule has 1 fully saturated rings. The number of halogens is 2. The number of Topliss-reactive ketones (excluding diaryl/α,β-unsaturated/α-hetero) is 1. The molecule has 2 atom stereocenters. The molecule has 2 aromatic carbocycles. The van der Waals surface area contributed by atoms with Crippen LogP contribution in [-0.4, -0.2) is 65.0 Å². The maximum atomic E-state index is 13.9. The van der Waals surface area contributed by atoms with Gasteiger partial charge in [-0.3, -0.25) is 14.8 Å². The van der Waals surface area contributed by atoms with Crippen LogP contribution in [0.3, 0.4) is 0 Å². The highest BCUT2D eigenvalue weighted by Crippen LogP contribution is 2.36. The normalized spacial score (nSPS) is 19.3. The first-order valence-electron chi connectivity index (χ1n) is 12.5. The standard InChI is InChI=1S/C28H28ClFN4O3/c1-36-21-3-5-26-18(11-21)10-19(16-37-26)27(35)24-15-34(14-20-6-8-33(20)9-7-30)25-12-17(2-4-22(24)25)23-13-31-32-28(23)29/h2-5,11-13,15,19-20H,6-10,14,16H2,1H3,(H,31,32)/t19-,20+/m0/s1. The molecule has 2 aliphatic rings. The molecule has 0 radical (unpaired) electrons. The van der Waals surface area contributed by atoms with Gasteiger partial charge in [0.15, 0.2) is 5.78 Å². The number of nitrogens with one attached hydrogen (secondary N) is 1. The minimum atomic E-state index is -0.357. The molecule has 192 valence electrons. The third kappa shape index (κ3) is 4.38. The van der Waals surface area contributed by atoms with E-state index in [2.05, 4.69) is 25.7 Å². The Morgan fingerprint density at radius 2 is 2.19 bits per heavy atom. The van der Waals surface area contributed by atoms with E-state index in [0.29, 0.717) is 36.8 Å². The predicted octanol–water partition coefficient (Wildman–Crippen LogP) is 5.17. The molecule has 4 heterocycles. The number of carbonyl (C=O) groups excluding carboxylic acids is 1. The van der Waals surface area contributed by atoms with Crippen molar-refractivity contribution in [3.8, 4) is 22.6 Å². The summed E-state index contributed by atoms with van der Waals surface area (Å²) in [5.41, 5.74) is 4.32. The first kappa shape index (κ1) is 24.0. The molecule has 9 heteroatoms. The van der Waals surface area contributed by atoms with E-state index < -0.39 is 0 Å². The molecule has 1 saturated heterocycles. The Labute approximate surface area is 219 Å². The number of carbonyl (C=O) groups is 1. The van der Waals surface area contributed by atoms with Gasteiger partial charge in [-0.05, 0) is 48.2 Å². The molecular formula is C28H28ClFN4O3. The Morgan fingerprint density at radius 3 is 2.92 bits per heavy atom. The van der Waals surface area contributed by atoms with Gasteiger partial charge in [-0.15, -0.1) is 0 Å². The molecule has 2 aliphatic heterocycles. The highest BCUT2D eigenvalue weighted by molar-refractivity contribution is 6.32. The number of fused-ring (bicyclic) bond motifs is 2. The number of likely N-dealkylation sites (tertiary alicyclic amines) is 1. The van der Waals surface area contributed by atoms with Crippen molar-refractivity contribution in [2.45, 2.75) is 25.4 Å². The van der Waals surface area contributed by atoms with E-state index in [1.54, 1.807) is 13.3 Å². The largest absolute Gasteiger partial charge is 0.497 e. The lowest BCUT2D eigenvalue weighted by atomic mass is 9.89. The quantitative estimate of drug-likeness (QED) is 0.323. The molecule has 37 heavy (non-hydrogen) atoms. The monoisotopic (exact) mass is 522 g/mol. The van der Waals surface area contributed by atoms with E-state index in [9.17, 15) is 9.18 Å². The highest BCUT2D eigenvalue weighted by atomic mass is 35.5. The van der Waals surface area contributed by atoms with Crippen LogP contribution in [0.2, 0.25) is 5.15 Å². The molecule has 0 unspecified atom stereocenters. The van der Waals surface area contributed by atoms with Crippen LogP contribution < -0.4 is 9.47 Å². The van der Waals surface area contributed by atoms with Crippen LogP contribution in [0.25, 0.3) is 22.0 Å². The van der Waals surface area contributed by atoms with Crippen molar-refractivity contribution in [1.29, 1.82) is 0 Å². The van der Waals surface area contributed by atoms with Crippen LogP contribution in [0, 0.1) is 5.92 Å². The highest BCUT2D eigenvalue weighted by Gasteiger charge is 2.32. The van der Waals surface area contributed by atoms with Crippen LogP contribution in [-0.2, 0) is 13.0 Å². The second-order valence-corrected chi connectivity index (χ2v) is 10.1. The van der Waals surface area contributed by atoms with E-state index in [0.717, 1.165) is 52.1 Å². The second kappa shape index (κ2) is 9.84. The molecule has 2 aromatic heterocycles. The molecule has 0 aliphatic carbocycles. The summed E-state index contributed by atoms with van der Waals surface area (Å²) < 4.78 is 26.5. The second-order valence-electron chi connectivity index (χ2n) is 9.74. The Morgan fingerprint density at radius 1 is 1.30 bits per heavy atom. The molecule has 0 spiro atoms. The number of H-pyrrole nitrogens is 1. The van der Waals surface area contributed by atoms with Crippen molar-refractivity contribution in [3.05, 3.63) is 65.1 Å². The average Bonchev–Trinajstić information content (AvgIpc) is 3.51. The number of rotatable bonds is 8. The lowest BCUT2D eigenvalue weighted by Crippen LogP contribution is -2.50. The first-order chi connectivity index (χ1) is 18.1. The van der Waals surface area contributed by atoms with Crippen molar-refractivity contribution < 1.29 is 18.7 Å². The first-order valence-corrected chi connectivity index (χ1v) is 12.9. The van der Waals surface area contributed by atoms with Gasteiger partial charge in [-0.25, -0.2) is 4.39 Å². The number of aromatic nitrogens is 3. The minimum absolute atomic E-state index is 0.0561. The Bertz CT molecular complexity index is 1470. The number of aromatic amines is 1. The van der Waals surface area contributed by atoms with Gasteiger partial charge >= 0.3 is 0 Å². The number of hydrogen-bond acceptors (Lipinski definition) is 5. The van der Waals surface area contributed by atoms with Gasteiger partial charge in [0.05, 0.1) is 25.8 Å². The van der Waals surface area contributed by atoms with Gasteiger partial charge in [0.1, 0.15) is 23.3 Å². The zero-order valence-electron chi connectivity index (χ0n) is 20.5. The van der Waals surface area contributed by atoms with Crippen LogP contribution in [0.4, 0.5) is 4.39 Å². The molecular weight excluding hydrogens is 495 g/mol. The zero-order chi connectivity index (χ0) is 25.5. The minimum Gasteiger partial charge on any atom is -0.497 e. The Balaban J connectivity index is 1.36. The molecule has 1 N–H and O–H groups in total. The maximum absolute atomic E-state index is 13.9. The number of ether oxygens (including phenoxy) is 2. The lowest BCUT2D eigenvalue weighted by Gasteiger charge is -2.40. The topological polar surface area (TPSA) is 72.4 Å². The fourth-order valence-corrected chi connectivity index (χ4v) is 5.70. The van der Waals surface area contributed by atoms with E-state index >= 15 is 0 Å². The third-order valence-electron chi connectivity index (χ3n) is 7.64. The van der Waals surface area contributed by atoms with E-state index in [4.69, 9.17) is 21.1 Å². The van der Waals surface area contributed by atoms with Crippen molar-refractivity contribution in [3.63, 3.8) is 0 Å². The molecule has 4 aromatic rings. The summed E-state index contributed by atoms with van der Waals surface area (Å²) in [5, 5.41) is 8.17. The van der Waals surface area contributed by atoms with E-state index in [-0.39, 0.29) is 24.4 Å². The van der Waals surface area contributed by atoms with Gasteiger partial charge in [-0.2, -0.15) is 5.10 Å². The van der Waals surface area contributed by atoms with Crippen LogP contribution in [0.1, 0.15) is 22.3 Å². The summed E-state index contributed by atoms with van der Waals surface area (Å²) in [5.74, 6) is 1.30. The van der Waals surface area contributed by atoms with E-state index in [1.807, 2.05) is 36.5 Å². The zero-order valence-corrected chi connectivity index (χ0v) is 21.3. The number of methoxy groups -OCH3 is 1. The fraction of sp³-hybridized carbons (Fsp3) is 0.357. The molecule has 0 bridgehead atoms. The van der Waals surface area contributed by atoms with Crippen LogP contribution in [0.15, 0.2) is 48.8 Å². The van der Waals surface area contributed by atoms with Gasteiger partial charge in [0.25, 0.3) is 0 Å². The van der Waals surface area contributed by atoms with Crippen molar-refractivity contribution >= 4 is 28.3 Å². The summed E-state index contributed by atoms with van der Waals surface area (Å²) >= 11 is 6.31. The average molecular weight is 523 g/mol. The Kier molecular flexibility index (Phi) is 6.38. The van der Waals surface area contributed by atoms with Crippen LogP contribution in [0.5, 0.6) is 11.5 Å². The maximum Gasteiger partial charge on any atom is 0.171 e. The lowest BCUT2D eigenvalue weighted by molar-refractivity contribution is 0.0709. The van der Waals surface area contributed by atoms with Gasteiger partial charge in [-0.1, -0.05) is 23.7 Å². The molecule has 0 saturated carbocycles. The summed E-state index contributed by atoms with van der Waals surface area (Å²) in [6, 6.07) is 12.0.